The molecule has 0 saturated carbocycles. The Morgan fingerprint density at radius 2 is 1.76 bits per heavy atom. The quantitative estimate of drug-likeness (QED) is 0.206. The number of nitro groups is 1. The van der Waals surface area contributed by atoms with Crippen molar-refractivity contribution in [3.8, 4) is 5.88 Å². The van der Waals surface area contributed by atoms with Crippen molar-refractivity contribution in [2.75, 3.05) is 4.72 Å². The highest BCUT2D eigenvalue weighted by molar-refractivity contribution is 7.92. The predicted molar refractivity (Wildman–Crippen MR) is 124 cm³/mol. The van der Waals surface area contributed by atoms with Crippen LogP contribution in [0.15, 0.2) is 81.9 Å². The molecule has 0 aliphatic rings. The third-order valence-electron chi connectivity index (χ3n) is 4.85. The standard InChI is InChI=1S/C21H16ClN5O5S/c1-26-18-5-3-2-4-16(18)20(21(26)28)24-23-17-11-10-15(27(29)30)12-19(17)33(31,32)25-14-8-6-13(22)7-9-14/h2-12,25,28H,1H3. The molecule has 0 saturated heterocycles. The summed E-state index contributed by atoms with van der Waals surface area (Å²) in [5, 5.41) is 30.8. The minimum Gasteiger partial charge on any atom is -0.493 e. The smallest absolute Gasteiger partial charge is 0.270 e. The number of fused-ring (bicyclic) bond motifs is 1. The van der Waals surface area contributed by atoms with Gasteiger partial charge in [-0.25, -0.2) is 8.42 Å². The molecule has 0 aliphatic heterocycles. The van der Waals surface area contributed by atoms with Gasteiger partial charge in [0.05, 0.1) is 10.4 Å². The number of hydrogen-bond donors (Lipinski definition) is 2. The van der Waals surface area contributed by atoms with E-state index < -0.39 is 25.5 Å². The zero-order chi connectivity index (χ0) is 23.8. The number of hydrogen-bond acceptors (Lipinski definition) is 7. The van der Waals surface area contributed by atoms with Crippen molar-refractivity contribution < 1.29 is 18.4 Å². The van der Waals surface area contributed by atoms with Gasteiger partial charge in [-0.3, -0.25) is 14.8 Å². The number of aromatic nitrogens is 1. The zero-order valence-electron chi connectivity index (χ0n) is 17.0. The molecule has 4 rings (SSSR count). The van der Waals surface area contributed by atoms with Crippen molar-refractivity contribution in [1.82, 2.24) is 4.57 Å². The normalized spacial score (nSPS) is 11.8. The lowest BCUT2D eigenvalue weighted by Crippen LogP contribution is -2.13. The van der Waals surface area contributed by atoms with E-state index in [-0.39, 0.29) is 22.9 Å². The lowest BCUT2D eigenvalue weighted by atomic mass is 10.2. The third-order valence-corrected chi connectivity index (χ3v) is 6.51. The molecule has 12 heteroatoms. The Morgan fingerprint density at radius 3 is 2.45 bits per heavy atom. The van der Waals surface area contributed by atoms with E-state index in [1.807, 2.05) is 0 Å². The molecule has 0 bridgehead atoms. The number of benzene rings is 3. The van der Waals surface area contributed by atoms with E-state index >= 15 is 0 Å². The first kappa shape index (κ1) is 22.2. The largest absolute Gasteiger partial charge is 0.493 e. The molecule has 0 atom stereocenters. The molecular formula is C21H16ClN5O5S. The number of non-ortho nitro benzene ring substituents is 1. The molecule has 0 radical (unpaired) electrons. The van der Waals surface area contributed by atoms with Gasteiger partial charge >= 0.3 is 0 Å². The average Bonchev–Trinajstić information content (AvgIpc) is 3.03. The maximum atomic E-state index is 13.1. The number of aromatic hydroxyl groups is 1. The maximum Gasteiger partial charge on any atom is 0.270 e. The maximum absolute atomic E-state index is 13.1. The number of nitrogens with zero attached hydrogens (tertiary/aromatic N) is 4. The van der Waals surface area contributed by atoms with Crippen LogP contribution in [0.1, 0.15) is 0 Å². The Morgan fingerprint density at radius 1 is 1.06 bits per heavy atom. The van der Waals surface area contributed by atoms with E-state index in [0.717, 1.165) is 12.1 Å². The summed E-state index contributed by atoms with van der Waals surface area (Å²) in [5.41, 5.74) is 0.471. The van der Waals surface area contributed by atoms with Gasteiger partial charge in [-0.15, -0.1) is 10.2 Å². The van der Waals surface area contributed by atoms with Gasteiger partial charge in [-0.2, -0.15) is 0 Å². The summed E-state index contributed by atoms with van der Waals surface area (Å²) in [6.07, 6.45) is 0. The fourth-order valence-corrected chi connectivity index (χ4v) is 4.55. The lowest BCUT2D eigenvalue weighted by molar-refractivity contribution is -0.385. The number of para-hydroxylation sites is 1. The first-order valence-corrected chi connectivity index (χ1v) is 11.3. The Balaban J connectivity index is 1.80. The van der Waals surface area contributed by atoms with Crippen LogP contribution in [0.5, 0.6) is 5.88 Å². The van der Waals surface area contributed by atoms with Crippen LogP contribution < -0.4 is 4.72 Å². The molecule has 0 amide bonds. The van der Waals surface area contributed by atoms with Crippen LogP contribution in [0.3, 0.4) is 0 Å². The average molecular weight is 486 g/mol. The van der Waals surface area contributed by atoms with Crippen LogP contribution >= 0.6 is 11.6 Å². The number of nitrogens with one attached hydrogen (secondary N) is 1. The van der Waals surface area contributed by atoms with E-state index in [9.17, 15) is 23.6 Å². The van der Waals surface area contributed by atoms with Gasteiger partial charge in [0.15, 0.2) is 5.69 Å². The molecular weight excluding hydrogens is 470 g/mol. The van der Waals surface area contributed by atoms with Gasteiger partial charge in [0, 0.05) is 35.3 Å². The van der Waals surface area contributed by atoms with Crippen molar-refractivity contribution in [1.29, 1.82) is 0 Å². The summed E-state index contributed by atoms with van der Waals surface area (Å²) < 4.78 is 30.0. The molecule has 168 valence electrons. The van der Waals surface area contributed by atoms with Gasteiger partial charge in [-0.05, 0) is 36.4 Å². The topological polar surface area (TPSA) is 139 Å². The zero-order valence-corrected chi connectivity index (χ0v) is 18.6. The Bertz CT molecular complexity index is 1510. The second-order valence-corrected chi connectivity index (χ2v) is 9.06. The fraction of sp³-hybridized carbons (Fsp3) is 0.0476. The molecule has 0 fully saturated rings. The summed E-state index contributed by atoms with van der Waals surface area (Å²) in [5.74, 6) is -0.162. The van der Waals surface area contributed by atoms with Crippen LogP contribution in [0.4, 0.5) is 22.7 Å². The van der Waals surface area contributed by atoms with E-state index in [1.165, 1.54) is 34.9 Å². The molecule has 0 aliphatic carbocycles. The highest BCUT2D eigenvalue weighted by atomic mass is 35.5. The second-order valence-electron chi connectivity index (χ2n) is 6.97. The SMILES string of the molecule is Cn1c(O)c(N=Nc2ccc([N+](=O)[O-])cc2S(=O)(=O)Nc2ccc(Cl)cc2)c2ccccc21. The molecule has 4 aromatic rings. The Labute approximate surface area is 193 Å². The van der Waals surface area contributed by atoms with Gasteiger partial charge in [0.1, 0.15) is 10.6 Å². The minimum absolute atomic E-state index is 0.139. The molecule has 0 spiro atoms. The van der Waals surface area contributed by atoms with Gasteiger partial charge in [-0.1, -0.05) is 29.8 Å². The van der Waals surface area contributed by atoms with Crippen molar-refractivity contribution in [2.45, 2.75) is 4.90 Å². The number of rotatable bonds is 6. The number of nitro benzene ring substituents is 1. The molecule has 1 heterocycles. The van der Waals surface area contributed by atoms with Crippen molar-refractivity contribution in [3.63, 3.8) is 0 Å². The fourth-order valence-electron chi connectivity index (χ4n) is 3.20. The van der Waals surface area contributed by atoms with Gasteiger partial charge < -0.3 is 9.67 Å². The number of sulfonamides is 1. The minimum atomic E-state index is -4.28. The summed E-state index contributed by atoms with van der Waals surface area (Å²) in [6.45, 7) is 0. The van der Waals surface area contributed by atoms with Gasteiger partial charge in [0.25, 0.3) is 15.7 Å². The highest BCUT2D eigenvalue weighted by Gasteiger charge is 2.23. The van der Waals surface area contributed by atoms with E-state index in [2.05, 4.69) is 15.0 Å². The van der Waals surface area contributed by atoms with Crippen LogP contribution in [0.25, 0.3) is 10.9 Å². The lowest BCUT2D eigenvalue weighted by Gasteiger charge is -2.10. The summed E-state index contributed by atoms with van der Waals surface area (Å²) in [7, 11) is -2.64. The van der Waals surface area contributed by atoms with E-state index in [4.69, 9.17) is 11.6 Å². The number of azo groups is 1. The molecule has 0 unspecified atom stereocenters. The summed E-state index contributed by atoms with van der Waals surface area (Å²) >= 11 is 5.83. The van der Waals surface area contributed by atoms with Crippen LogP contribution in [-0.2, 0) is 17.1 Å². The van der Waals surface area contributed by atoms with Crippen LogP contribution in [-0.4, -0.2) is 23.0 Å². The summed E-state index contributed by atoms with van der Waals surface area (Å²) in [4.78, 5) is 10.1. The molecule has 2 N–H and O–H groups in total. The number of aryl methyl sites for hydroxylation is 1. The predicted octanol–water partition coefficient (Wildman–Crippen LogP) is 5.66. The molecule has 33 heavy (non-hydrogen) atoms. The second kappa shape index (κ2) is 8.52. The molecule has 10 nitrogen and oxygen atoms in total. The van der Waals surface area contributed by atoms with Crippen molar-refractivity contribution >= 4 is 55.3 Å². The first-order valence-electron chi connectivity index (χ1n) is 9.42. The monoisotopic (exact) mass is 485 g/mol. The number of halogens is 1. The third kappa shape index (κ3) is 4.36. The Kier molecular flexibility index (Phi) is 5.75. The van der Waals surface area contributed by atoms with Crippen molar-refractivity contribution in [3.05, 3.63) is 81.9 Å². The van der Waals surface area contributed by atoms with E-state index in [1.54, 1.807) is 31.3 Å². The summed E-state index contributed by atoms with van der Waals surface area (Å²) in [6, 6.07) is 16.2. The first-order chi connectivity index (χ1) is 15.7. The number of anilines is 1. The van der Waals surface area contributed by atoms with Crippen LogP contribution in [0.2, 0.25) is 5.02 Å². The van der Waals surface area contributed by atoms with Crippen LogP contribution in [0, 0.1) is 10.1 Å². The molecule has 3 aromatic carbocycles. The van der Waals surface area contributed by atoms with E-state index in [0.29, 0.717) is 15.9 Å². The molecule has 1 aromatic heterocycles. The van der Waals surface area contributed by atoms with Crippen molar-refractivity contribution in [2.24, 2.45) is 17.3 Å². The Hall–Kier alpha value is -3.96. The van der Waals surface area contributed by atoms with Gasteiger partial charge in [0.2, 0.25) is 5.88 Å². The highest BCUT2D eigenvalue weighted by Crippen LogP contribution is 2.39.